The zero-order valence-corrected chi connectivity index (χ0v) is 15.2. The molecule has 3 rings (SSSR count). The van der Waals surface area contributed by atoms with Gasteiger partial charge in [-0.2, -0.15) is 0 Å². The van der Waals surface area contributed by atoms with Crippen molar-refractivity contribution in [2.24, 2.45) is 0 Å². The molecule has 2 aromatic rings. The predicted octanol–water partition coefficient (Wildman–Crippen LogP) is 1.79. The third-order valence-corrected chi connectivity index (χ3v) is 5.13. The molecular formula is C17H21FN4O3S. The van der Waals surface area contributed by atoms with Gasteiger partial charge in [-0.3, -0.25) is 4.98 Å². The molecule has 1 saturated carbocycles. The number of hydrogen-bond donors (Lipinski definition) is 2. The molecule has 0 atom stereocenters. The van der Waals surface area contributed by atoms with Gasteiger partial charge in [-0.05, 0) is 36.5 Å². The quantitative estimate of drug-likeness (QED) is 0.709. The van der Waals surface area contributed by atoms with E-state index in [-0.39, 0.29) is 24.8 Å². The highest BCUT2D eigenvalue weighted by molar-refractivity contribution is 7.88. The van der Waals surface area contributed by atoms with Gasteiger partial charge in [-0.1, -0.05) is 6.07 Å². The van der Waals surface area contributed by atoms with Gasteiger partial charge in [0.05, 0.1) is 24.3 Å². The Morgan fingerprint density at radius 1 is 1.27 bits per heavy atom. The molecule has 1 aliphatic carbocycles. The topological polar surface area (TPSA) is 107 Å². The number of nitrogens with two attached hydrogens (primary N) is 1. The molecule has 1 heterocycles. The minimum atomic E-state index is -3.27. The highest BCUT2D eigenvalue weighted by atomic mass is 32.2. The third kappa shape index (κ3) is 4.67. The maximum atomic E-state index is 14.2. The molecule has 1 aromatic heterocycles. The van der Waals surface area contributed by atoms with E-state index in [0.29, 0.717) is 11.7 Å². The van der Waals surface area contributed by atoms with Crippen LogP contribution < -0.4 is 15.2 Å². The van der Waals surface area contributed by atoms with Crippen molar-refractivity contribution in [1.29, 1.82) is 0 Å². The van der Waals surface area contributed by atoms with E-state index >= 15 is 0 Å². The van der Waals surface area contributed by atoms with E-state index < -0.39 is 15.8 Å². The van der Waals surface area contributed by atoms with E-state index in [1.807, 2.05) is 6.07 Å². The Bertz CT molecular complexity index is 868. The van der Waals surface area contributed by atoms with Gasteiger partial charge in [-0.15, -0.1) is 0 Å². The van der Waals surface area contributed by atoms with Crippen molar-refractivity contribution in [3.05, 3.63) is 47.7 Å². The smallest absolute Gasteiger partial charge is 0.208 e. The summed E-state index contributed by atoms with van der Waals surface area (Å²) in [5, 5.41) is 0. The Morgan fingerprint density at radius 2 is 2.04 bits per heavy atom. The van der Waals surface area contributed by atoms with Crippen molar-refractivity contribution in [3.8, 4) is 5.75 Å². The van der Waals surface area contributed by atoms with Gasteiger partial charge >= 0.3 is 0 Å². The summed E-state index contributed by atoms with van der Waals surface area (Å²) in [4.78, 5) is 8.34. The van der Waals surface area contributed by atoms with Crippen LogP contribution in [-0.2, 0) is 10.0 Å². The summed E-state index contributed by atoms with van der Waals surface area (Å²) in [6, 6.07) is 4.91. The Labute approximate surface area is 151 Å². The maximum absolute atomic E-state index is 14.2. The van der Waals surface area contributed by atoms with Crippen LogP contribution in [0.3, 0.4) is 0 Å². The number of halogens is 1. The van der Waals surface area contributed by atoms with Crippen LogP contribution in [0.15, 0.2) is 30.6 Å². The fourth-order valence-corrected chi connectivity index (χ4v) is 3.42. The van der Waals surface area contributed by atoms with Gasteiger partial charge in [0.25, 0.3) is 0 Å². The molecule has 7 nitrogen and oxygen atoms in total. The van der Waals surface area contributed by atoms with E-state index in [0.717, 1.165) is 30.4 Å². The molecule has 0 amide bonds. The Hall–Kier alpha value is -2.26. The highest BCUT2D eigenvalue weighted by Crippen LogP contribution is 2.47. The predicted molar refractivity (Wildman–Crippen MR) is 95.9 cm³/mol. The normalized spacial score (nSPS) is 19.8. The number of sulfonamides is 1. The number of benzene rings is 1. The molecule has 3 N–H and O–H groups in total. The fourth-order valence-electron chi connectivity index (χ4n) is 2.97. The van der Waals surface area contributed by atoms with Crippen LogP contribution in [-0.4, -0.2) is 37.8 Å². The number of nitrogen functional groups attached to an aromatic ring is 1. The second kappa shape index (κ2) is 7.55. The molecule has 0 saturated heterocycles. The minimum Gasteiger partial charge on any atom is -0.489 e. The number of hydrogen-bond acceptors (Lipinski definition) is 6. The number of ether oxygens (including phenoxy) is 1. The van der Waals surface area contributed by atoms with Crippen molar-refractivity contribution < 1.29 is 17.5 Å². The van der Waals surface area contributed by atoms with E-state index in [1.54, 1.807) is 18.5 Å². The number of aromatic nitrogens is 2. The van der Waals surface area contributed by atoms with Crippen LogP contribution in [0.1, 0.15) is 35.9 Å². The van der Waals surface area contributed by atoms with Gasteiger partial charge in [0.2, 0.25) is 10.0 Å². The van der Waals surface area contributed by atoms with Gasteiger partial charge in [0.1, 0.15) is 12.4 Å². The zero-order valence-electron chi connectivity index (χ0n) is 14.4. The van der Waals surface area contributed by atoms with Crippen molar-refractivity contribution in [1.82, 2.24) is 14.7 Å². The summed E-state index contributed by atoms with van der Waals surface area (Å²) in [5.74, 6) is 0.653. The molecule has 9 heteroatoms. The fraction of sp³-hybridized carbons (Fsp3) is 0.412. The Morgan fingerprint density at radius 3 is 2.65 bits per heavy atom. The largest absolute Gasteiger partial charge is 0.489 e. The van der Waals surface area contributed by atoms with E-state index in [9.17, 15) is 12.8 Å². The van der Waals surface area contributed by atoms with Crippen LogP contribution in [0.5, 0.6) is 5.75 Å². The van der Waals surface area contributed by atoms with Crippen LogP contribution >= 0.6 is 0 Å². The second-order valence-electron chi connectivity index (χ2n) is 6.44. The van der Waals surface area contributed by atoms with E-state index in [1.165, 1.54) is 6.07 Å². The first kappa shape index (κ1) is 18.5. The average Bonchev–Trinajstić information content (AvgIpc) is 2.52. The van der Waals surface area contributed by atoms with Crippen LogP contribution in [0.25, 0.3) is 0 Å². The summed E-state index contributed by atoms with van der Waals surface area (Å²) in [6.07, 6.45) is 6.07. The molecule has 1 aromatic carbocycles. The second-order valence-corrected chi connectivity index (χ2v) is 8.27. The molecule has 0 spiro atoms. The van der Waals surface area contributed by atoms with E-state index in [4.69, 9.17) is 10.5 Å². The van der Waals surface area contributed by atoms with Gasteiger partial charge in [0, 0.05) is 12.5 Å². The van der Waals surface area contributed by atoms with Crippen molar-refractivity contribution in [2.75, 3.05) is 25.1 Å². The standard InChI is InChI=1S/C17H21FN4O3S/c1-26(23,24)22-4-5-25-16-3-2-11(8-14(16)18)12-6-13(7-12)15-9-21-17(19)10-20-15/h2-3,8-10,12-13,22H,4-7H2,1H3,(H2,19,21). The first-order valence-corrected chi connectivity index (χ1v) is 10.2. The summed E-state index contributed by atoms with van der Waals surface area (Å²) < 4.78 is 43.7. The first-order chi connectivity index (χ1) is 12.3. The summed E-state index contributed by atoms with van der Waals surface area (Å²) in [7, 11) is -3.27. The van der Waals surface area contributed by atoms with Crippen molar-refractivity contribution >= 4 is 15.8 Å². The third-order valence-electron chi connectivity index (χ3n) is 4.40. The van der Waals surface area contributed by atoms with Crippen molar-refractivity contribution in [2.45, 2.75) is 24.7 Å². The van der Waals surface area contributed by atoms with Gasteiger partial charge < -0.3 is 10.5 Å². The van der Waals surface area contributed by atoms with E-state index in [2.05, 4.69) is 14.7 Å². The summed E-state index contributed by atoms with van der Waals surface area (Å²) in [6.45, 7) is 0.150. The molecule has 0 aliphatic heterocycles. The SMILES string of the molecule is CS(=O)(=O)NCCOc1ccc(C2CC(c3cnc(N)cn3)C2)cc1F. The Kier molecular flexibility index (Phi) is 5.38. The maximum Gasteiger partial charge on any atom is 0.208 e. The number of anilines is 1. The highest BCUT2D eigenvalue weighted by Gasteiger charge is 2.32. The monoisotopic (exact) mass is 380 g/mol. The average molecular weight is 380 g/mol. The molecule has 0 radical (unpaired) electrons. The number of nitrogens with one attached hydrogen (secondary N) is 1. The molecule has 1 fully saturated rings. The van der Waals surface area contributed by atoms with Crippen LogP contribution in [0.4, 0.5) is 10.2 Å². The van der Waals surface area contributed by atoms with Gasteiger partial charge in [-0.25, -0.2) is 22.5 Å². The Balaban J connectivity index is 1.53. The lowest BCUT2D eigenvalue weighted by Crippen LogP contribution is -2.27. The lowest BCUT2D eigenvalue weighted by Gasteiger charge is -2.35. The zero-order chi connectivity index (χ0) is 18.7. The van der Waals surface area contributed by atoms with Crippen LogP contribution in [0, 0.1) is 5.82 Å². The molecule has 0 unspecified atom stereocenters. The summed E-state index contributed by atoms with van der Waals surface area (Å²) in [5.41, 5.74) is 7.37. The number of rotatable bonds is 7. The number of nitrogens with zero attached hydrogens (tertiary/aromatic N) is 2. The summed E-state index contributed by atoms with van der Waals surface area (Å²) >= 11 is 0. The van der Waals surface area contributed by atoms with Gasteiger partial charge in [0.15, 0.2) is 11.6 Å². The molecular weight excluding hydrogens is 359 g/mol. The first-order valence-electron chi connectivity index (χ1n) is 8.26. The molecule has 0 bridgehead atoms. The molecule has 26 heavy (non-hydrogen) atoms. The van der Waals surface area contributed by atoms with Crippen LogP contribution in [0.2, 0.25) is 0 Å². The lowest BCUT2D eigenvalue weighted by molar-refractivity contribution is 0.304. The molecule has 1 aliphatic rings. The molecule has 140 valence electrons. The van der Waals surface area contributed by atoms with Crippen molar-refractivity contribution in [3.63, 3.8) is 0 Å². The minimum absolute atomic E-state index is 0.0602. The lowest BCUT2D eigenvalue weighted by atomic mass is 9.70.